The van der Waals surface area contributed by atoms with Crippen molar-refractivity contribution in [3.05, 3.63) is 72.1 Å². The third-order valence-electron chi connectivity index (χ3n) is 8.79. The van der Waals surface area contributed by atoms with Gasteiger partial charge in [0.2, 0.25) is 0 Å². The zero-order chi connectivity index (χ0) is 32.2. The standard InChI is InChI=1S/C37H43N3O6/c1-22(2)5-14-32(41)35-33(43-20-45-35)30-15-28(18-38-30)26-10-6-24(7-11-26)25-8-12-27(13-9-25)29-16-31(39-19-29)34-36(46-21-44-34)37(42)40-17-23(3)4/h6-13,18-19,22-23,33-36H,5,14-17,20-21H2,1-4H3,(H,40,42)/t33-,34-,35-,36+/m0/s1. The highest BCUT2D eigenvalue weighted by Gasteiger charge is 2.40. The number of amides is 1. The Morgan fingerprint density at radius 2 is 1.17 bits per heavy atom. The van der Waals surface area contributed by atoms with E-state index in [1.807, 2.05) is 12.4 Å². The number of carbonyl (C=O) groups is 2. The third kappa shape index (κ3) is 7.28. The van der Waals surface area contributed by atoms with Crippen LogP contribution in [0, 0.1) is 11.8 Å². The maximum absolute atomic E-state index is 12.8. The van der Waals surface area contributed by atoms with Gasteiger partial charge in [-0.2, -0.15) is 0 Å². The molecule has 0 spiro atoms. The molecule has 6 rings (SSSR count). The fourth-order valence-electron chi connectivity index (χ4n) is 6.07. The average molecular weight is 626 g/mol. The molecule has 0 radical (unpaired) electrons. The highest BCUT2D eigenvalue weighted by atomic mass is 16.7. The van der Waals surface area contributed by atoms with Gasteiger partial charge >= 0.3 is 0 Å². The van der Waals surface area contributed by atoms with E-state index in [2.05, 4.69) is 91.5 Å². The lowest BCUT2D eigenvalue weighted by Crippen LogP contribution is -2.44. The first-order valence-electron chi connectivity index (χ1n) is 16.3. The van der Waals surface area contributed by atoms with Gasteiger partial charge in [-0.15, -0.1) is 0 Å². The van der Waals surface area contributed by atoms with Crippen LogP contribution in [0.1, 0.15) is 64.5 Å². The van der Waals surface area contributed by atoms with Crippen LogP contribution in [0.15, 0.2) is 70.9 Å². The van der Waals surface area contributed by atoms with E-state index in [9.17, 15) is 9.59 Å². The Labute approximate surface area is 270 Å². The van der Waals surface area contributed by atoms with Crippen molar-refractivity contribution in [1.82, 2.24) is 5.32 Å². The number of nitrogens with zero attached hydrogens (tertiary/aromatic N) is 2. The monoisotopic (exact) mass is 625 g/mol. The second-order valence-electron chi connectivity index (χ2n) is 13.2. The second kappa shape index (κ2) is 14.3. The lowest BCUT2D eigenvalue weighted by molar-refractivity contribution is -0.130. The molecule has 4 heterocycles. The molecule has 2 aromatic carbocycles. The lowest BCUT2D eigenvalue weighted by atomic mass is 9.93. The number of aliphatic imine (C=N–C) groups is 2. The van der Waals surface area contributed by atoms with Crippen LogP contribution in [0.3, 0.4) is 0 Å². The SMILES string of the molecule is CC(C)CCC(=O)[C@@H]1OCO[C@H]1C1=NC=C(c2ccc(-c3ccc(C4=CN=C([C@@H]5OCO[C@H]5C(=O)NCC(C)C)C4)cc3)cc2)C1. The summed E-state index contributed by atoms with van der Waals surface area (Å²) in [5, 5.41) is 2.94. The number of ketones is 1. The minimum absolute atomic E-state index is 0.0850. The first kappa shape index (κ1) is 32.2. The van der Waals surface area contributed by atoms with Crippen LogP contribution >= 0.6 is 0 Å². The number of allylic oxidation sites excluding steroid dienone is 2. The molecule has 0 unspecified atom stereocenters. The number of carbonyl (C=O) groups excluding carboxylic acids is 2. The van der Waals surface area contributed by atoms with Gasteiger partial charge in [-0.3, -0.25) is 19.6 Å². The van der Waals surface area contributed by atoms with E-state index in [1.54, 1.807) is 0 Å². The van der Waals surface area contributed by atoms with Crippen molar-refractivity contribution in [2.24, 2.45) is 21.8 Å². The van der Waals surface area contributed by atoms with Crippen molar-refractivity contribution in [2.45, 2.75) is 77.8 Å². The number of hydrogen-bond acceptors (Lipinski definition) is 8. The summed E-state index contributed by atoms with van der Waals surface area (Å²) >= 11 is 0. The van der Waals surface area contributed by atoms with Crippen LogP contribution in [0.25, 0.3) is 22.3 Å². The molecule has 242 valence electrons. The summed E-state index contributed by atoms with van der Waals surface area (Å²) in [6.45, 7) is 9.14. The van der Waals surface area contributed by atoms with Crippen LogP contribution in [0.2, 0.25) is 0 Å². The maximum Gasteiger partial charge on any atom is 0.252 e. The Hall–Kier alpha value is -3.76. The van der Waals surface area contributed by atoms with E-state index >= 15 is 0 Å². The van der Waals surface area contributed by atoms with Crippen molar-refractivity contribution in [3.63, 3.8) is 0 Å². The molecule has 2 fully saturated rings. The normalized spacial score (nSPS) is 24.3. The molecule has 4 aliphatic rings. The fraction of sp³-hybridized carbons (Fsp3) is 0.459. The number of Topliss-reactive ketones (excluding diaryl/α,β-unsaturated/α-hetero) is 1. The smallest absolute Gasteiger partial charge is 0.252 e. The van der Waals surface area contributed by atoms with Crippen LogP contribution in [0.4, 0.5) is 0 Å². The zero-order valence-corrected chi connectivity index (χ0v) is 27.0. The van der Waals surface area contributed by atoms with E-state index < -0.39 is 24.4 Å². The molecule has 4 atom stereocenters. The Morgan fingerprint density at radius 1 is 0.696 bits per heavy atom. The molecule has 9 nitrogen and oxygen atoms in total. The van der Waals surface area contributed by atoms with Crippen LogP contribution in [-0.2, 0) is 28.5 Å². The highest BCUT2D eigenvalue weighted by molar-refractivity contribution is 6.05. The quantitative estimate of drug-likeness (QED) is 0.311. The zero-order valence-electron chi connectivity index (χ0n) is 27.0. The molecule has 4 aliphatic heterocycles. The summed E-state index contributed by atoms with van der Waals surface area (Å²) in [7, 11) is 0. The van der Waals surface area contributed by atoms with Crippen molar-refractivity contribution in [1.29, 1.82) is 0 Å². The molecule has 2 aromatic rings. The number of rotatable bonds is 12. The Morgan fingerprint density at radius 3 is 1.67 bits per heavy atom. The largest absolute Gasteiger partial charge is 0.353 e. The number of nitrogens with one attached hydrogen (secondary N) is 1. The second-order valence-corrected chi connectivity index (χ2v) is 13.2. The molecule has 1 amide bonds. The first-order chi connectivity index (χ1) is 22.3. The van der Waals surface area contributed by atoms with Gasteiger partial charge in [-0.25, -0.2) is 0 Å². The molecule has 0 aromatic heterocycles. The van der Waals surface area contributed by atoms with Gasteiger partial charge in [0.25, 0.3) is 5.91 Å². The van der Waals surface area contributed by atoms with Gasteiger partial charge in [0.15, 0.2) is 18.0 Å². The van der Waals surface area contributed by atoms with Crippen LogP contribution in [0.5, 0.6) is 0 Å². The minimum Gasteiger partial charge on any atom is -0.353 e. The fourth-order valence-corrected chi connectivity index (χ4v) is 6.07. The van der Waals surface area contributed by atoms with Crippen molar-refractivity contribution in [3.8, 4) is 11.1 Å². The highest BCUT2D eigenvalue weighted by Crippen LogP contribution is 2.33. The molecule has 46 heavy (non-hydrogen) atoms. The molecule has 9 heteroatoms. The molecule has 1 N–H and O–H groups in total. The third-order valence-corrected chi connectivity index (χ3v) is 8.79. The molecule has 0 aliphatic carbocycles. The molecule has 2 saturated heterocycles. The van der Waals surface area contributed by atoms with E-state index in [1.165, 1.54) is 0 Å². The van der Waals surface area contributed by atoms with Gasteiger partial charge in [0.1, 0.15) is 25.8 Å². The first-order valence-corrected chi connectivity index (χ1v) is 16.3. The van der Waals surface area contributed by atoms with Gasteiger partial charge in [-0.1, -0.05) is 76.2 Å². The molecule has 0 bridgehead atoms. The predicted molar refractivity (Wildman–Crippen MR) is 178 cm³/mol. The molecular formula is C37H43N3O6. The summed E-state index contributed by atoms with van der Waals surface area (Å²) in [5.74, 6) is 0.754. The average Bonchev–Trinajstić information content (AvgIpc) is 3.89. The Balaban J connectivity index is 1.02. The topological polar surface area (TPSA) is 108 Å². The van der Waals surface area contributed by atoms with Gasteiger partial charge in [0, 0.05) is 38.2 Å². The molecule has 0 saturated carbocycles. The predicted octanol–water partition coefficient (Wildman–Crippen LogP) is 5.99. The van der Waals surface area contributed by atoms with E-state index in [-0.39, 0.29) is 25.3 Å². The number of ether oxygens (including phenoxy) is 4. The summed E-state index contributed by atoms with van der Waals surface area (Å²) in [6, 6.07) is 16.9. The minimum atomic E-state index is -0.681. The lowest BCUT2D eigenvalue weighted by Gasteiger charge is -2.18. The number of benzene rings is 2. The van der Waals surface area contributed by atoms with Crippen molar-refractivity contribution in [2.75, 3.05) is 20.1 Å². The number of hydrogen-bond donors (Lipinski definition) is 1. The van der Waals surface area contributed by atoms with Crippen LogP contribution < -0.4 is 5.32 Å². The summed E-state index contributed by atoms with van der Waals surface area (Å²) in [6.07, 6.45) is 4.18. The molecular weight excluding hydrogens is 582 g/mol. The van der Waals surface area contributed by atoms with Gasteiger partial charge in [-0.05, 0) is 51.7 Å². The summed E-state index contributed by atoms with van der Waals surface area (Å²) < 4.78 is 22.8. The Kier molecular flexibility index (Phi) is 10.0. The summed E-state index contributed by atoms with van der Waals surface area (Å²) in [4.78, 5) is 34.7. The van der Waals surface area contributed by atoms with Crippen molar-refractivity contribution < 1.29 is 28.5 Å². The van der Waals surface area contributed by atoms with Gasteiger partial charge in [0.05, 0.1) is 11.4 Å². The Bertz CT molecular complexity index is 1440. The summed E-state index contributed by atoms with van der Waals surface area (Å²) in [5.41, 5.74) is 8.24. The van der Waals surface area contributed by atoms with E-state index in [4.69, 9.17) is 18.9 Å². The van der Waals surface area contributed by atoms with E-state index in [0.717, 1.165) is 51.2 Å². The van der Waals surface area contributed by atoms with E-state index in [0.29, 0.717) is 37.6 Å². The van der Waals surface area contributed by atoms with Gasteiger partial charge < -0.3 is 24.3 Å². The van der Waals surface area contributed by atoms with Crippen LogP contribution in [-0.4, -0.2) is 67.7 Å². The van der Waals surface area contributed by atoms with Crippen molar-refractivity contribution >= 4 is 34.3 Å². The maximum atomic E-state index is 12.8.